The first kappa shape index (κ1) is 17.8. The number of nitrogens with zero attached hydrogens (tertiary/aromatic N) is 4. The zero-order valence-corrected chi connectivity index (χ0v) is 15.3. The van der Waals surface area contributed by atoms with Crippen molar-refractivity contribution in [3.63, 3.8) is 0 Å². The third kappa shape index (κ3) is 4.34. The Bertz CT molecular complexity index is 607. The van der Waals surface area contributed by atoms with Crippen LogP contribution in [-0.2, 0) is 16.6 Å². The van der Waals surface area contributed by atoms with Crippen molar-refractivity contribution in [1.29, 1.82) is 0 Å². The summed E-state index contributed by atoms with van der Waals surface area (Å²) >= 11 is 0. The van der Waals surface area contributed by atoms with E-state index in [4.69, 9.17) is 0 Å². The fourth-order valence-corrected chi connectivity index (χ4v) is 4.87. The van der Waals surface area contributed by atoms with Crippen molar-refractivity contribution in [3.8, 4) is 0 Å². The van der Waals surface area contributed by atoms with E-state index >= 15 is 0 Å². The molecule has 7 heteroatoms. The predicted molar refractivity (Wildman–Crippen MR) is 96.1 cm³/mol. The molecule has 0 saturated carbocycles. The number of hydrogen-bond acceptors (Lipinski definition) is 4. The van der Waals surface area contributed by atoms with Gasteiger partial charge in [-0.25, -0.2) is 0 Å². The van der Waals surface area contributed by atoms with E-state index in [1.165, 1.54) is 5.56 Å². The van der Waals surface area contributed by atoms with Crippen molar-refractivity contribution in [3.05, 3.63) is 35.9 Å². The van der Waals surface area contributed by atoms with Gasteiger partial charge < -0.3 is 9.80 Å². The van der Waals surface area contributed by atoms with E-state index in [0.717, 1.165) is 39.1 Å². The van der Waals surface area contributed by atoms with E-state index in [2.05, 4.69) is 34.1 Å². The maximum atomic E-state index is 12.7. The van der Waals surface area contributed by atoms with Gasteiger partial charge in [0.25, 0.3) is 10.2 Å². The molecule has 134 valence electrons. The lowest BCUT2D eigenvalue weighted by molar-refractivity contribution is 0.171. The van der Waals surface area contributed by atoms with Crippen LogP contribution in [0.1, 0.15) is 5.56 Å². The highest BCUT2D eigenvalue weighted by atomic mass is 32.2. The molecular formula is C17H28N4O2S. The lowest BCUT2D eigenvalue weighted by Gasteiger charge is -2.39. The quantitative estimate of drug-likeness (QED) is 0.767. The molecule has 0 aromatic heterocycles. The Hall–Kier alpha value is -0.990. The van der Waals surface area contributed by atoms with Crippen LogP contribution in [0, 0.1) is 0 Å². The number of likely N-dealkylation sites (N-methyl/N-ethyl adjacent to an activating group) is 1. The summed E-state index contributed by atoms with van der Waals surface area (Å²) in [4.78, 5) is 4.54. The highest BCUT2D eigenvalue weighted by Crippen LogP contribution is 2.14. The molecule has 2 aliphatic heterocycles. The molecule has 0 unspecified atom stereocenters. The van der Waals surface area contributed by atoms with Gasteiger partial charge >= 0.3 is 0 Å². The molecule has 0 spiro atoms. The summed E-state index contributed by atoms with van der Waals surface area (Å²) in [6, 6.07) is 10.5. The largest absolute Gasteiger partial charge is 0.304 e. The maximum Gasteiger partial charge on any atom is 0.282 e. The molecule has 24 heavy (non-hydrogen) atoms. The lowest BCUT2D eigenvalue weighted by Crippen LogP contribution is -2.56. The molecule has 1 aromatic carbocycles. The first-order chi connectivity index (χ1) is 11.6. The SMILES string of the molecule is CN1CCN(S(=O)(=O)N2CCN(CCc3ccccc3)CC2)CC1. The lowest BCUT2D eigenvalue weighted by atomic mass is 10.1. The van der Waals surface area contributed by atoms with Crippen molar-refractivity contribution < 1.29 is 8.42 Å². The third-order valence-electron chi connectivity index (χ3n) is 5.01. The summed E-state index contributed by atoms with van der Waals surface area (Å²) < 4.78 is 28.8. The number of rotatable bonds is 5. The van der Waals surface area contributed by atoms with Crippen LogP contribution < -0.4 is 0 Å². The number of hydrogen-bond donors (Lipinski definition) is 0. The van der Waals surface area contributed by atoms with Gasteiger partial charge in [0.15, 0.2) is 0 Å². The maximum absolute atomic E-state index is 12.7. The highest BCUT2D eigenvalue weighted by Gasteiger charge is 2.33. The van der Waals surface area contributed by atoms with Crippen LogP contribution in [0.2, 0.25) is 0 Å². The fraction of sp³-hybridized carbons (Fsp3) is 0.647. The van der Waals surface area contributed by atoms with Crippen LogP contribution in [0.15, 0.2) is 30.3 Å². The molecule has 1 aromatic rings. The average Bonchev–Trinajstić information content (AvgIpc) is 2.61. The van der Waals surface area contributed by atoms with Gasteiger partial charge in [-0.15, -0.1) is 0 Å². The molecule has 0 atom stereocenters. The molecule has 2 aliphatic rings. The minimum Gasteiger partial charge on any atom is -0.304 e. The standard InChI is InChI=1S/C17H28N4O2S/c1-18-9-13-20(14-10-18)24(22,23)21-15-11-19(12-16-21)8-7-17-5-3-2-4-6-17/h2-6H,7-16H2,1H3. The topological polar surface area (TPSA) is 47.1 Å². The van der Waals surface area contributed by atoms with Gasteiger partial charge in [-0.3, -0.25) is 0 Å². The Balaban J connectivity index is 1.47. The molecular weight excluding hydrogens is 324 g/mol. The van der Waals surface area contributed by atoms with Gasteiger partial charge in [0, 0.05) is 58.9 Å². The summed E-state index contributed by atoms with van der Waals surface area (Å²) in [6.45, 7) is 6.67. The van der Waals surface area contributed by atoms with Gasteiger partial charge in [-0.2, -0.15) is 17.0 Å². The van der Waals surface area contributed by atoms with E-state index in [1.807, 2.05) is 13.1 Å². The summed E-state index contributed by atoms with van der Waals surface area (Å²) in [5, 5.41) is 0. The minimum atomic E-state index is -3.29. The third-order valence-corrected chi connectivity index (χ3v) is 7.04. The highest BCUT2D eigenvalue weighted by molar-refractivity contribution is 7.86. The molecule has 0 aliphatic carbocycles. The molecule has 3 rings (SSSR count). The zero-order valence-electron chi connectivity index (χ0n) is 14.5. The van der Waals surface area contributed by atoms with Crippen LogP contribution >= 0.6 is 0 Å². The Kier molecular flexibility index (Phi) is 5.89. The Labute approximate surface area is 145 Å². The minimum absolute atomic E-state index is 0.601. The second-order valence-corrected chi connectivity index (χ2v) is 8.61. The summed E-state index contributed by atoms with van der Waals surface area (Å²) in [6.07, 6.45) is 1.02. The number of benzene rings is 1. The van der Waals surface area contributed by atoms with Gasteiger partial charge in [-0.1, -0.05) is 30.3 Å². The zero-order chi connectivity index (χ0) is 17.0. The molecule has 6 nitrogen and oxygen atoms in total. The number of piperazine rings is 2. The summed E-state index contributed by atoms with van der Waals surface area (Å²) in [5.41, 5.74) is 1.34. The van der Waals surface area contributed by atoms with Crippen molar-refractivity contribution in [2.45, 2.75) is 6.42 Å². The van der Waals surface area contributed by atoms with Gasteiger partial charge in [0.05, 0.1) is 0 Å². The van der Waals surface area contributed by atoms with Crippen molar-refractivity contribution in [2.24, 2.45) is 0 Å². The second kappa shape index (κ2) is 7.93. The van der Waals surface area contributed by atoms with Crippen LogP contribution in [0.25, 0.3) is 0 Å². The average molecular weight is 353 g/mol. The van der Waals surface area contributed by atoms with Crippen LogP contribution in [0.4, 0.5) is 0 Å². The predicted octanol–water partition coefficient (Wildman–Crippen LogP) is 0.339. The Morgan fingerprint density at radius 1 is 0.833 bits per heavy atom. The van der Waals surface area contributed by atoms with E-state index in [9.17, 15) is 8.42 Å². The smallest absolute Gasteiger partial charge is 0.282 e. The van der Waals surface area contributed by atoms with Crippen LogP contribution in [0.5, 0.6) is 0 Å². The first-order valence-electron chi connectivity index (χ1n) is 8.76. The molecule has 0 radical (unpaired) electrons. The van der Waals surface area contributed by atoms with E-state index in [0.29, 0.717) is 26.2 Å². The molecule has 0 amide bonds. The Morgan fingerprint density at radius 2 is 1.38 bits per heavy atom. The van der Waals surface area contributed by atoms with Crippen molar-refractivity contribution in [1.82, 2.24) is 18.4 Å². The van der Waals surface area contributed by atoms with Crippen LogP contribution in [-0.4, -0.2) is 92.8 Å². The van der Waals surface area contributed by atoms with Crippen LogP contribution in [0.3, 0.4) is 0 Å². The molecule has 2 heterocycles. The second-order valence-electron chi connectivity index (χ2n) is 6.69. The van der Waals surface area contributed by atoms with Crippen molar-refractivity contribution >= 4 is 10.2 Å². The normalized spacial score (nSPS) is 22.7. The molecule has 0 N–H and O–H groups in total. The fourth-order valence-electron chi connectivity index (χ4n) is 3.30. The molecule has 0 bridgehead atoms. The molecule has 2 saturated heterocycles. The summed E-state index contributed by atoms with van der Waals surface area (Å²) in [7, 11) is -1.25. The van der Waals surface area contributed by atoms with Gasteiger partial charge in [0.1, 0.15) is 0 Å². The first-order valence-corrected chi connectivity index (χ1v) is 10.2. The Morgan fingerprint density at radius 3 is 1.96 bits per heavy atom. The monoisotopic (exact) mass is 352 g/mol. The van der Waals surface area contributed by atoms with E-state index < -0.39 is 10.2 Å². The van der Waals surface area contributed by atoms with Crippen molar-refractivity contribution in [2.75, 3.05) is 66.0 Å². The molecule has 2 fully saturated rings. The van der Waals surface area contributed by atoms with E-state index in [-0.39, 0.29) is 0 Å². The van der Waals surface area contributed by atoms with Gasteiger partial charge in [0.2, 0.25) is 0 Å². The van der Waals surface area contributed by atoms with Gasteiger partial charge in [-0.05, 0) is 19.0 Å². The van der Waals surface area contributed by atoms with E-state index in [1.54, 1.807) is 8.61 Å². The summed E-state index contributed by atoms with van der Waals surface area (Å²) in [5.74, 6) is 0.